The Bertz CT molecular complexity index is 933. The molecule has 1 aromatic carbocycles. The zero-order valence-electron chi connectivity index (χ0n) is 22.8. The quantitative estimate of drug-likeness (QED) is 0.233. The molecule has 2 unspecified atom stereocenters. The third-order valence-corrected chi connectivity index (χ3v) is 8.88. The zero-order valence-corrected chi connectivity index (χ0v) is 23.6. The first-order valence-corrected chi connectivity index (χ1v) is 14.1. The highest BCUT2D eigenvalue weighted by molar-refractivity contribution is 8.06. The molecule has 0 bridgehead atoms. The van der Waals surface area contributed by atoms with Crippen molar-refractivity contribution < 1.29 is 17.6 Å². The summed E-state index contributed by atoms with van der Waals surface area (Å²) in [5, 5.41) is 0. The van der Waals surface area contributed by atoms with E-state index < -0.39 is 17.4 Å². The molecule has 0 spiro atoms. The van der Waals surface area contributed by atoms with Crippen LogP contribution in [0.5, 0.6) is 0 Å². The highest BCUT2D eigenvalue weighted by Gasteiger charge is 2.62. The van der Waals surface area contributed by atoms with E-state index in [9.17, 15) is 13.2 Å². The van der Waals surface area contributed by atoms with Gasteiger partial charge in [-0.3, -0.25) is 4.90 Å². The van der Waals surface area contributed by atoms with Gasteiger partial charge in [-0.05, 0) is 78.4 Å². The largest absolute Gasteiger partial charge is 0.416 e. The maximum atomic E-state index is 15.6. The van der Waals surface area contributed by atoms with Gasteiger partial charge in [0.15, 0.2) is 0 Å². The van der Waals surface area contributed by atoms with Crippen molar-refractivity contribution in [1.82, 2.24) is 4.90 Å². The number of hydrogen-bond acceptors (Lipinski definition) is 2. The van der Waals surface area contributed by atoms with Crippen molar-refractivity contribution in [3.05, 3.63) is 69.5 Å². The van der Waals surface area contributed by atoms with E-state index in [1.54, 1.807) is 25.6 Å². The minimum atomic E-state index is -4.48. The first kappa shape index (κ1) is 30.7. The Morgan fingerprint density at radius 1 is 1.08 bits per heavy atom. The van der Waals surface area contributed by atoms with Gasteiger partial charge in [0.1, 0.15) is 5.67 Å². The highest BCUT2D eigenvalue weighted by Crippen LogP contribution is 2.61. The summed E-state index contributed by atoms with van der Waals surface area (Å²) in [7, 11) is 0. The van der Waals surface area contributed by atoms with Gasteiger partial charge < -0.3 is 0 Å². The summed E-state index contributed by atoms with van der Waals surface area (Å²) < 4.78 is 55.7. The van der Waals surface area contributed by atoms with Crippen LogP contribution in [0.4, 0.5) is 17.6 Å². The molecular weight excluding hydrogens is 482 g/mol. The van der Waals surface area contributed by atoms with Gasteiger partial charge in [-0.2, -0.15) is 13.2 Å². The number of benzene rings is 1. The number of thioether (sulfide) groups is 1. The van der Waals surface area contributed by atoms with Crippen LogP contribution in [0.25, 0.3) is 0 Å². The Hall–Kier alpha value is -1.53. The summed E-state index contributed by atoms with van der Waals surface area (Å²) in [6.45, 7) is 22.2. The van der Waals surface area contributed by atoms with E-state index in [4.69, 9.17) is 0 Å². The number of rotatable bonds is 9. The number of hydrogen-bond donors (Lipinski definition) is 0. The van der Waals surface area contributed by atoms with Crippen LogP contribution < -0.4 is 0 Å². The zero-order chi connectivity index (χ0) is 27.3. The average molecular weight is 526 g/mol. The first-order chi connectivity index (χ1) is 16.9. The van der Waals surface area contributed by atoms with Crippen molar-refractivity contribution in [3.8, 4) is 0 Å². The number of alkyl halides is 4. The van der Waals surface area contributed by atoms with Gasteiger partial charge in [-0.1, -0.05) is 78.6 Å². The third-order valence-electron chi connectivity index (χ3n) is 7.65. The molecule has 36 heavy (non-hydrogen) atoms. The molecule has 2 fully saturated rings. The van der Waals surface area contributed by atoms with Gasteiger partial charge in [-0.25, -0.2) is 4.39 Å². The molecule has 2 aliphatic rings. The molecule has 1 aromatic rings. The normalized spacial score (nSPS) is 25.2. The summed E-state index contributed by atoms with van der Waals surface area (Å²) in [6, 6.07) is 3.63. The van der Waals surface area contributed by atoms with Crippen LogP contribution in [-0.2, 0) is 18.4 Å². The molecule has 0 radical (unpaired) electrons. The van der Waals surface area contributed by atoms with Crippen LogP contribution in [-0.4, -0.2) is 18.0 Å². The van der Waals surface area contributed by atoms with Crippen LogP contribution in [0.2, 0.25) is 0 Å². The van der Waals surface area contributed by atoms with E-state index in [2.05, 4.69) is 38.0 Å². The second kappa shape index (κ2) is 12.8. The number of likely N-dealkylation sites (tertiary alicyclic amines) is 1. The monoisotopic (exact) mass is 525 g/mol. The SMILES string of the molecule is C=C(CC)S/C(=C\C1CCN(Cc2ccc(C(F)(F)F)cc2C2(F)C(C)C2C)CC1)C(=C)CC.CC. The Morgan fingerprint density at radius 2 is 1.67 bits per heavy atom. The predicted molar refractivity (Wildman–Crippen MR) is 146 cm³/mol. The fourth-order valence-corrected chi connectivity index (χ4v) is 5.83. The van der Waals surface area contributed by atoms with Gasteiger partial charge in [-0.15, -0.1) is 0 Å². The van der Waals surface area contributed by atoms with E-state index in [1.807, 2.05) is 13.8 Å². The fraction of sp³-hybridized carbons (Fsp3) is 0.600. The number of allylic oxidation sites excluding steroid dienone is 3. The summed E-state index contributed by atoms with van der Waals surface area (Å²) in [5.41, 5.74) is -0.423. The Morgan fingerprint density at radius 3 is 2.14 bits per heavy atom. The van der Waals surface area contributed by atoms with Gasteiger partial charge >= 0.3 is 6.18 Å². The van der Waals surface area contributed by atoms with Crippen molar-refractivity contribution in [2.24, 2.45) is 17.8 Å². The standard InChI is InChI=1S/C28H37F4NS.C2H6/c1-7-18(3)26(34-19(4)8-2)15-22-11-13-33(14-12-22)17-23-9-10-24(28(30,31)32)16-25(23)27(29)20(5)21(27)6;1-2/h9-10,15-16,20-22H,3-4,7-8,11-14,17H2,1-2,5-6H3;1-2H3/b26-15-;. The van der Waals surface area contributed by atoms with E-state index in [1.165, 1.54) is 11.0 Å². The maximum absolute atomic E-state index is 15.6. The molecule has 2 atom stereocenters. The van der Waals surface area contributed by atoms with Crippen LogP contribution in [0.1, 0.15) is 83.9 Å². The van der Waals surface area contributed by atoms with Crippen LogP contribution in [0.15, 0.2) is 52.8 Å². The van der Waals surface area contributed by atoms with Crippen LogP contribution in [0.3, 0.4) is 0 Å². The van der Waals surface area contributed by atoms with Gasteiger partial charge in [0.2, 0.25) is 0 Å². The topological polar surface area (TPSA) is 3.24 Å². The molecule has 1 saturated heterocycles. The molecule has 0 amide bonds. The maximum Gasteiger partial charge on any atom is 0.416 e. The average Bonchev–Trinajstić information content (AvgIpc) is 3.36. The van der Waals surface area contributed by atoms with Crippen LogP contribution >= 0.6 is 11.8 Å². The second-order valence-corrected chi connectivity index (χ2v) is 11.0. The summed E-state index contributed by atoms with van der Waals surface area (Å²) in [5.74, 6) is -0.119. The lowest BCUT2D eigenvalue weighted by Crippen LogP contribution is -2.33. The summed E-state index contributed by atoms with van der Waals surface area (Å²) in [4.78, 5) is 4.56. The number of halogens is 4. The van der Waals surface area contributed by atoms with E-state index in [0.29, 0.717) is 18.0 Å². The number of nitrogens with zero attached hydrogens (tertiary/aromatic N) is 1. The Balaban J connectivity index is 0.00000222. The van der Waals surface area contributed by atoms with Gasteiger partial charge in [0, 0.05) is 23.3 Å². The molecule has 3 rings (SSSR count). The molecule has 1 nitrogen and oxygen atoms in total. The summed E-state index contributed by atoms with van der Waals surface area (Å²) >= 11 is 1.71. The minimum absolute atomic E-state index is 0.223. The Labute approximate surface area is 220 Å². The molecule has 0 N–H and O–H groups in total. The lowest BCUT2D eigenvalue weighted by Gasteiger charge is -2.32. The number of piperidine rings is 1. The first-order valence-electron chi connectivity index (χ1n) is 13.3. The molecule has 1 aliphatic heterocycles. The lowest BCUT2D eigenvalue weighted by atomic mass is 9.93. The summed E-state index contributed by atoms with van der Waals surface area (Å²) in [6.07, 6.45) is 1.58. The van der Waals surface area contributed by atoms with Crippen molar-refractivity contribution in [3.63, 3.8) is 0 Å². The van der Waals surface area contributed by atoms with Crippen molar-refractivity contribution in [2.45, 2.75) is 85.6 Å². The molecule has 1 saturated carbocycles. The Kier molecular flexibility index (Phi) is 10.9. The van der Waals surface area contributed by atoms with Crippen molar-refractivity contribution in [2.75, 3.05) is 13.1 Å². The molecule has 1 aliphatic carbocycles. The second-order valence-electron chi connectivity index (χ2n) is 9.81. The van der Waals surface area contributed by atoms with Crippen LogP contribution in [0, 0.1) is 17.8 Å². The van der Waals surface area contributed by atoms with E-state index in [-0.39, 0.29) is 17.4 Å². The molecule has 202 valence electrons. The molecular formula is C30H43F4NS. The van der Waals surface area contributed by atoms with Crippen molar-refractivity contribution >= 4 is 11.8 Å². The lowest BCUT2D eigenvalue weighted by molar-refractivity contribution is -0.137. The minimum Gasteiger partial charge on any atom is -0.299 e. The van der Waals surface area contributed by atoms with Crippen molar-refractivity contribution in [1.29, 1.82) is 0 Å². The predicted octanol–water partition coefficient (Wildman–Crippen LogP) is 9.90. The smallest absolute Gasteiger partial charge is 0.299 e. The van der Waals surface area contributed by atoms with E-state index in [0.717, 1.165) is 61.4 Å². The molecule has 6 heteroatoms. The molecule has 1 heterocycles. The van der Waals surface area contributed by atoms with Gasteiger partial charge in [0.05, 0.1) is 5.56 Å². The fourth-order valence-electron chi connectivity index (χ4n) is 4.82. The third kappa shape index (κ3) is 7.06. The van der Waals surface area contributed by atoms with Gasteiger partial charge in [0.25, 0.3) is 0 Å². The van der Waals surface area contributed by atoms with E-state index >= 15 is 4.39 Å². The molecule has 0 aromatic heterocycles. The highest BCUT2D eigenvalue weighted by atomic mass is 32.2.